The van der Waals surface area contributed by atoms with Gasteiger partial charge in [-0.3, -0.25) is 4.79 Å². The van der Waals surface area contributed by atoms with Gasteiger partial charge in [-0.25, -0.2) is 9.67 Å². The maximum atomic E-state index is 11.5. The van der Waals surface area contributed by atoms with Crippen molar-refractivity contribution in [3.8, 4) is 11.8 Å². The first kappa shape index (κ1) is 11.6. The van der Waals surface area contributed by atoms with Crippen LogP contribution in [0.2, 0.25) is 0 Å². The Morgan fingerprint density at radius 2 is 2.33 bits per heavy atom. The summed E-state index contributed by atoms with van der Waals surface area (Å²) in [4.78, 5) is 15.3. The van der Waals surface area contributed by atoms with Gasteiger partial charge < -0.3 is 11.1 Å². The molecule has 0 radical (unpaired) electrons. The molecule has 0 aliphatic heterocycles. The van der Waals surface area contributed by atoms with Crippen molar-refractivity contribution in [1.29, 1.82) is 5.26 Å². The van der Waals surface area contributed by atoms with Gasteiger partial charge in [0.15, 0.2) is 0 Å². The summed E-state index contributed by atoms with van der Waals surface area (Å²) in [6.07, 6.45) is 1.37. The molecule has 2 rings (SSSR count). The highest BCUT2D eigenvalue weighted by molar-refractivity contribution is 5.95. The van der Waals surface area contributed by atoms with E-state index in [-0.39, 0.29) is 11.7 Å². The monoisotopic (exact) mass is 242 g/mol. The molecule has 3 N–H and O–H groups in total. The molecule has 90 valence electrons. The summed E-state index contributed by atoms with van der Waals surface area (Å²) in [5, 5.41) is 15.1. The second-order valence-electron chi connectivity index (χ2n) is 3.48. The van der Waals surface area contributed by atoms with Crippen molar-refractivity contribution in [1.82, 2.24) is 20.1 Å². The Labute approximate surface area is 103 Å². The zero-order valence-electron chi connectivity index (χ0n) is 9.58. The number of rotatable bonds is 2. The molecule has 7 nitrogen and oxygen atoms in total. The standard InChI is InChI=1S/C11H10N6O/c1-14-11(18)7-2-3-8(13)9(4-7)17-6-15-10(5-12)16-17/h2-4,6H,13H2,1H3,(H,14,18). The number of nitrogens with two attached hydrogens (primary N) is 1. The van der Waals surface area contributed by atoms with E-state index in [0.717, 1.165) is 0 Å². The molecule has 18 heavy (non-hydrogen) atoms. The van der Waals surface area contributed by atoms with Crippen LogP contribution in [0.4, 0.5) is 5.69 Å². The molecule has 1 aromatic carbocycles. The van der Waals surface area contributed by atoms with Crippen molar-refractivity contribution in [3.05, 3.63) is 35.9 Å². The molecule has 0 atom stereocenters. The number of nitrogens with zero attached hydrogens (tertiary/aromatic N) is 4. The van der Waals surface area contributed by atoms with Crippen LogP contribution in [-0.2, 0) is 0 Å². The molecule has 0 spiro atoms. The fourth-order valence-electron chi connectivity index (χ4n) is 1.46. The first-order valence-corrected chi connectivity index (χ1v) is 5.09. The lowest BCUT2D eigenvalue weighted by Crippen LogP contribution is -2.18. The van der Waals surface area contributed by atoms with E-state index in [1.54, 1.807) is 25.2 Å². The molecular formula is C11H10N6O. The Kier molecular flexibility index (Phi) is 2.93. The van der Waals surface area contributed by atoms with Gasteiger partial charge in [0.2, 0.25) is 0 Å². The molecule has 0 unspecified atom stereocenters. The third kappa shape index (κ3) is 1.99. The fourth-order valence-corrected chi connectivity index (χ4v) is 1.46. The molecule has 0 aliphatic carbocycles. The highest BCUT2D eigenvalue weighted by Crippen LogP contribution is 2.18. The third-order valence-corrected chi connectivity index (χ3v) is 2.36. The largest absolute Gasteiger partial charge is 0.397 e. The Bertz CT molecular complexity index is 639. The zero-order valence-corrected chi connectivity index (χ0v) is 9.58. The topological polar surface area (TPSA) is 110 Å². The predicted octanol–water partition coefficient (Wildman–Crippen LogP) is 0.0808. The van der Waals surface area contributed by atoms with Crippen LogP contribution in [0.1, 0.15) is 16.2 Å². The number of aromatic nitrogens is 3. The maximum absolute atomic E-state index is 11.5. The van der Waals surface area contributed by atoms with Gasteiger partial charge in [-0.15, -0.1) is 5.10 Å². The average Bonchev–Trinajstić information content (AvgIpc) is 2.87. The van der Waals surface area contributed by atoms with Crippen LogP contribution in [0.15, 0.2) is 24.5 Å². The number of hydrogen-bond acceptors (Lipinski definition) is 5. The first-order chi connectivity index (χ1) is 8.65. The van der Waals surface area contributed by atoms with Crippen LogP contribution >= 0.6 is 0 Å². The van der Waals surface area contributed by atoms with E-state index in [9.17, 15) is 4.79 Å². The second kappa shape index (κ2) is 4.55. The van der Waals surface area contributed by atoms with Gasteiger partial charge in [0.05, 0.1) is 11.4 Å². The summed E-state index contributed by atoms with van der Waals surface area (Å²) >= 11 is 0. The van der Waals surface area contributed by atoms with Gasteiger partial charge >= 0.3 is 0 Å². The van der Waals surface area contributed by atoms with E-state index in [1.807, 2.05) is 6.07 Å². The number of amides is 1. The van der Waals surface area contributed by atoms with E-state index < -0.39 is 0 Å². The van der Waals surface area contributed by atoms with E-state index in [0.29, 0.717) is 16.9 Å². The lowest BCUT2D eigenvalue weighted by Gasteiger charge is -2.07. The number of nitriles is 1. The normalized spacial score (nSPS) is 9.78. The highest BCUT2D eigenvalue weighted by Gasteiger charge is 2.10. The highest BCUT2D eigenvalue weighted by atomic mass is 16.1. The molecule has 0 bridgehead atoms. The number of carbonyl (C=O) groups excluding carboxylic acids is 1. The summed E-state index contributed by atoms with van der Waals surface area (Å²) in [5.74, 6) is -0.184. The van der Waals surface area contributed by atoms with E-state index >= 15 is 0 Å². The summed E-state index contributed by atoms with van der Waals surface area (Å²) in [7, 11) is 1.54. The molecule has 2 aromatic rings. The number of nitrogen functional groups attached to an aromatic ring is 1. The Morgan fingerprint density at radius 1 is 1.56 bits per heavy atom. The van der Waals surface area contributed by atoms with Gasteiger partial charge in [0, 0.05) is 12.6 Å². The van der Waals surface area contributed by atoms with Crippen molar-refractivity contribution in [2.45, 2.75) is 0 Å². The summed E-state index contributed by atoms with van der Waals surface area (Å²) in [5.41, 5.74) is 7.21. The molecule has 1 amide bonds. The smallest absolute Gasteiger partial charge is 0.252 e. The van der Waals surface area contributed by atoms with Crippen LogP contribution < -0.4 is 11.1 Å². The molecule has 0 saturated heterocycles. The SMILES string of the molecule is CNC(=O)c1ccc(N)c(-n2cnc(C#N)n2)c1. The van der Waals surface area contributed by atoms with Crippen molar-refractivity contribution >= 4 is 11.6 Å². The Balaban J connectivity index is 2.50. The number of anilines is 1. The van der Waals surface area contributed by atoms with Crippen molar-refractivity contribution < 1.29 is 4.79 Å². The van der Waals surface area contributed by atoms with Gasteiger partial charge in [-0.2, -0.15) is 5.26 Å². The number of hydrogen-bond donors (Lipinski definition) is 2. The second-order valence-corrected chi connectivity index (χ2v) is 3.48. The third-order valence-electron chi connectivity index (χ3n) is 2.36. The molecule has 0 saturated carbocycles. The molecule has 0 aliphatic rings. The Hall–Kier alpha value is -2.88. The predicted molar refractivity (Wildman–Crippen MR) is 63.9 cm³/mol. The van der Waals surface area contributed by atoms with Crippen molar-refractivity contribution in [2.24, 2.45) is 0 Å². The van der Waals surface area contributed by atoms with Crippen molar-refractivity contribution in [3.63, 3.8) is 0 Å². The van der Waals surface area contributed by atoms with E-state index in [2.05, 4.69) is 15.4 Å². The molecular weight excluding hydrogens is 232 g/mol. The van der Waals surface area contributed by atoms with E-state index in [1.165, 1.54) is 11.0 Å². The van der Waals surface area contributed by atoms with Crippen LogP contribution in [-0.4, -0.2) is 27.7 Å². The van der Waals surface area contributed by atoms with Gasteiger partial charge in [-0.1, -0.05) is 0 Å². The lowest BCUT2D eigenvalue weighted by molar-refractivity contribution is 0.0963. The summed E-state index contributed by atoms with van der Waals surface area (Å²) in [6.45, 7) is 0. The lowest BCUT2D eigenvalue weighted by atomic mass is 10.1. The van der Waals surface area contributed by atoms with Gasteiger partial charge in [-0.05, 0) is 18.2 Å². The first-order valence-electron chi connectivity index (χ1n) is 5.09. The van der Waals surface area contributed by atoms with Crippen LogP contribution in [0.25, 0.3) is 5.69 Å². The maximum Gasteiger partial charge on any atom is 0.252 e. The Morgan fingerprint density at radius 3 is 2.94 bits per heavy atom. The van der Waals surface area contributed by atoms with Gasteiger partial charge in [0.25, 0.3) is 11.7 Å². The number of carbonyl (C=O) groups is 1. The quantitative estimate of drug-likeness (QED) is 0.725. The number of nitrogens with one attached hydrogen (secondary N) is 1. The minimum atomic E-state index is -0.225. The summed E-state index contributed by atoms with van der Waals surface area (Å²) < 4.78 is 1.36. The minimum absolute atomic E-state index is 0.0414. The molecule has 7 heteroatoms. The zero-order chi connectivity index (χ0) is 13.1. The van der Waals surface area contributed by atoms with E-state index in [4.69, 9.17) is 11.0 Å². The van der Waals surface area contributed by atoms with Crippen LogP contribution in [0.3, 0.4) is 0 Å². The molecule has 1 aromatic heterocycles. The fraction of sp³-hybridized carbons (Fsp3) is 0.0909. The number of benzene rings is 1. The van der Waals surface area contributed by atoms with Crippen LogP contribution in [0.5, 0.6) is 0 Å². The van der Waals surface area contributed by atoms with Gasteiger partial charge in [0.1, 0.15) is 12.4 Å². The molecule has 0 fully saturated rings. The minimum Gasteiger partial charge on any atom is -0.397 e. The molecule has 1 heterocycles. The summed E-state index contributed by atoms with van der Waals surface area (Å²) in [6, 6.07) is 6.62. The average molecular weight is 242 g/mol. The van der Waals surface area contributed by atoms with Crippen LogP contribution in [0, 0.1) is 11.3 Å². The van der Waals surface area contributed by atoms with Crippen molar-refractivity contribution in [2.75, 3.05) is 12.8 Å².